The third-order valence-corrected chi connectivity index (χ3v) is 4.89. The van der Waals surface area contributed by atoms with E-state index in [1.165, 1.54) is 32.1 Å². The standard InChI is InChI=1S/C14H20FNS/c1-16-12-8-3-2-4-10-14(12)17-13-9-6-5-7-11(13)15/h5-7,9,12,14,16H,2-4,8,10H2,1H3. The fourth-order valence-corrected chi connectivity index (χ4v) is 3.83. The summed E-state index contributed by atoms with van der Waals surface area (Å²) in [4.78, 5) is 0.791. The Morgan fingerprint density at radius 3 is 2.71 bits per heavy atom. The fourth-order valence-electron chi connectivity index (χ4n) is 2.45. The van der Waals surface area contributed by atoms with Crippen molar-refractivity contribution in [2.24, 2.45) is 0 Å². The van der Waals surface area contributed by atoms with E-state index in [2.05, 4.69) is 5.32 Å². The highest BCUT2D eigenvalue weighted by molar-refractivity contribution is 8.00. The van der Waals surface area contributed by atoms with Crippen LogP contribution in [0.2, 0.25) is 0 Å². The second-order valence-corrected chi connectivity index (χ2v) is 5.90. The van der Waals surface area contributed by atoms with Crippen molar-refractivity contribution in [3.8, 4) is 0 Å². The minimum atomic E-state index is -0.0865. The van der Waals surface area contributed by atoms with Gasteiger partial charge in [-0.15, -0.1) is 11.8 Å². The molecule has 94 valence electrons. The molecule has 0 aliphatic heterocycles. The van der Waals surface area contributed by atoms with Gasteiger partial charge in [-0.3, -0.25) is 0 Å². The number of benzene rings is 1. The van der Waals surface area contributed by atoms with E-state index in [1.807, 2.05) is 19.2 Å². The van der Waals surface area contributed by atoms with E-state index in [9.17, 15) is 4.39 Å². The molecule has 2 unspecified atom stereocenters. The van der Waals surface area contributed by atoms with E-state index in [1.54, 1.807) is 23.9 Å². The summed E-state index contributed by atoms with van der Waals surface area (Å²) in [5.41, 5.74) is 0. The lowest BCUT2D eigenvalue weighted by atomic mass is 10.1. The highest BCUT2D eigenvalue weighted by atomic mass is 32.2. The van der Waals surface area contributed by atoms with E-state index in [-0.39, 0.29) is 5.82 Å². The predicted molar refractivity (Wildman–Crippen MR) is 72.0 cm³/mol. The summed E-state index contributed by atoms with van der Waals surface area (Å²) in [5, 5.41) is 3.89. The van der Waals surface area contributed by atoms with E-state index < -0.39 is 0 Å². The van der Waals surface area contributed by atoms with Crippen LogP contribution in [0.25, 0.3) is 0 Å². The first-order valence-electron chi connectivity index (χ1n) is 6.39. The second-order valence-electron chi connectivity index (χ2n) is 4.62. The van der Waals surface area contributed by atoms with Crippen LogP contribution in [0.15, 0.2) is 29.2 Å². The van der Waals surface area contributed by atoms with Crippen LogP contribution in [0.5, 0.6) is 0 Å². The van der Waals surface area contributed by atoms with Gasteiger partial charge in [-0.2, -0.15) is 0 Å². The normalized spacial score (nSPS) is 25.5. The van der Waals surface area contributed by atoms with Crippen molar-refractivity contribution in [1.82, 2.24) is 5.32 Å². The van der Waals surface area contributed by atoms with Gasteiger partial charge in [0, 0.05) is 16.2 Å². The van der Waals surface area contributed by atoms with Crippen LogP contribution in [0.3, 0.4) is 0 Å². The first-order chi connectivity index (χ1) is 8.31. The molecule has 0 saturated heterocycles. The van der Waals surface area contributed by atoms with Crippen LogP contribution < -0.4 is 5.32 Å². The maximum Gasteiger partial charge on any atom is 0.136 e. The van der Waals surface area contributed by atoms with Gasteiger partial charge in [0.15, 0.2) is 0 Å². The number of nitrogens with one attached hydrogen (secondary N) is 1. The average Bonchev–Trinajstić information content (AvgIpc) is 2.57. The van der Waals surface area contributed by atoms with Crippen molar-refractivity contribution >= 4 is 11.8 Å². The Bertz CT molecular complexity index is 356. The van der Waals surface area contributed by atoms with E-state index >= 15 is 0 Å². The molecule has 1 aromatic carbocycles. The molecule has 0 amide bonds. The molecular weight excluding hydrogens is 233 g/mol. The molecule has 0 spiro atoms. The van der Waals surface area contributed by atoms with E-state index in [0.29, 0.717) is 11.3 Å². The van der Waals surface area contributed by atoms with Gasteiger partial charge in [-0.1, -0.05) is 31.4 Å². The Morgan fingerprint density at radius 2 is 1.94 bits per heavy atom. The molecule has 3 heteroatoms. The summed E-state index contributed by atoms with van der Waals surface area (Å²) < 4.78 is 13.6. The van der Waals surface area contributed by atoms with Crippen LogP contribution in [0, 0.1) is 5.82 Å². The molecule has 1 nitrogen and oxygen atoms in total. The summed E-state index contributed by atoms with van der Waals surface area (Å²) >= 11 is 1.70. The fraction of sp³-hybridized carbons (Fsp3) is 0.571. The van der Waals surface area contributed by atoms with Gasteiger partial charge >= 0.3 is 0 Å². The molecule has 1 aromatic rings. The Labute approximate surface area is 107 Å². The Kier molecular flexibility index (Phi) is 4.86. The predicted octanol–water partition coefficient (Wildman–Crippen LogP) is 3.84. The molecule has 1 N–H and O–H groups in total. The zero-order chi connectivity index (χ0) is 12.1. The van der Waals surface area contributed by atoms with Crippen molar-refractivity contribution in [3.63, 3.8) is 0 Å². The molecule has 1 aliphatic rings. The highest BCUT2D eigenvalue weighted by Crippen LogP contribution is 2.34. The summed E-state index contributed by atoms with van der Waals surface area (Å²) in [6.45, 7) is 0. The Morgan fingerprint density at radius 1 is 1.18 bits per heavy atom. The first kappa shape index (κ1) is 12.9. The first-order valence-corrected chi connectivity index (χ1v) is 7.27. The molecule has 0 heterocycles. The minimum absolute atomic E-state index is 0.0865. The van der Waals surface area contributed by atoms with Crippen LogP contribution >= 0.6 is 11.8 Å². The molecule has 2 atom stereocenters. The van der Waals surface area contributed by atoms with Gasteiger partial charge in [0.25, 0.3) is 0 Å². The van der Waals surface area contributed by atoms with Gasteiger partial charge in [0.05, 0.1) is 0 Å². The lowest BCUT2D eigenvalue weighted by molar-refractivity contribution is 0.509. The van der Waals surface area contributed by atoms with Crippen molar-refractivity contribution in [2.45, 2.75) is 48.3 Å². The molecule has 2 rings (SSSR count). The van der Waals surface area contributed by atoms with Crippen molar-refractivity contribution in [1.29, 1.82) is 0 Å². The number of halogens is 1. The minimum Gasteiger partial charge on any atom is -0.316 e. The van der Waals surface area contributed by atoms with E-state index in [4.69, 9.17) is 0 Å². The van der Waals surface area contributed by atoms with Crippen LogP contribution in [0.4, 0.5) is 4.39 Å². The average molecular weight is 253 g/mol. The van der Waals surface area contributed by atoms with Gasteiger partial charge in [0.2, 0.25) is 0 Å². The van der Waals surface area contributed by atoms with Crippen LogP contribution in [-0.4, -0.2) is 18.3 Å². The monoisotopic (exact) mass is 253 g/mol. The lowest BCUT2D eigenvalue weighted by Gasteiger charge is -2.24. The SMILES string of the molecule is CNC1CCCCCC1Sc1ccccc1F. The number of hydrogen-bond acceptors (Lipinski definition) is 2. The molecule has 1 aliphatic carbocycles. The molecule has 1 fully saturated rings. The molecular formula is C14H20FNS. The summed E-state index contributed by atoms with van der Waals surface area (Å²) in [6.07, 6.45) is 6.27. The summed E-state index contributed by atoms with van der Waals surface area (Å²) in [5.74, 6) is -0.0865. The Balaban J connectivity index is 2.07. The summed E-state index contributed by atoms with van der Waals surface area (Å²) in [7, 11) is 2.02. The van der Waals surface area contributed by atoms with Gasteiger partial charge in [-0.05, 0) is 32.0 Å². The van der Waals surface area contributed by atoms with Crippen molar-refractivity contribution < 1.29 is 4.39 Å². The molecule has 0 bridgehead atoms. The maximum absolute atomic E-state index is 13.6. The second kappa shape index (κ2) is 6.41. The molecule has 1 saturated carbocycles. The van der Waals surface area contributed by atoms with Crippen LogP contribution in [-0.2, 0) is 0 Å². The van der Waals surface area contributed by atoms with Gasteiger partial charge < -0.3 is 5.32 Å². The quantitative estimate of drug-likeness (QED) is 0.821. The molecule has 0 aromatic heterocycles. The van der Waals surface area contributed by atoms with Crippen molar-refractivity contribution in [2.75, 3.05) is 7.05 Å². The number of rotatable bonds is 3. The Hall–Kier alpha value is -0.540. The zero-order valence-corrected chi connectivity index (χ0v) is 11.1. The number of hydrogen-bond donors (Lipinski definition) is 1. The third kappa shape index (κ3) is 3.46. The zero-order valence-electron chi connectivity index (χ0n) is 10.3. The van der Waals surface area contributed by atoms with Gasteiger partial charge in [-0.25, -0.2) is 4.39 Å². The summed E-state index contributed by atoms with van der Waals surface area (Å²) in [6, 6.07) is 7.62. The largest absolute Gasteiger partial charge is 0.316 e. The van der Waals surface area contributed by atoms with E-state index in [0.717, 1.165) is 4.90 Å². The van der Waals surface area contributed by atoms with Crippen LogP contribution in [0.1, 0.15) is 32.1 Å². The number of thioether (sulfide) groups is 1. The molecule has 17 heavy (non-hydrogen) atoms. The smallest absolute Gasteiger partial charge is 0.136 e. The maximum atomic E-state index is 13.6. The lowest BCUT2D eigenvalue weighted by Crippen LogP contribution is -2.34. The van der Waals surface area contributed by atoms with Gasteiger partial charge in [0.1, 0.15) is 5.82 Å². The molecule has 0 radical (unpaired) electrons. The third-order valence-electron chi connectivity index (χ3n) is 3.44. The van der Waals surface area contributed by atoms with Crippen molar-refractivity contribution in [3.05, 3.63) is 30.1 Å². The topological polar surface area (TPSA) is 12.0 Å². The highest BCUT2D eigenvalue weighted by Gasteiger charge is 2.23.